The fraction of sp³-hybridized carbons (Fsp3) is 0.310. The number of carbonyl (C=O) groups excluding carboxylic acids is 3. The molecule has 0 radical (unpaired) electrons. The van der Waals surface area contributed by atoms with E-state index in [-0.39, 0.29) is 21.9 Å². The van der Waals surface area contributed by atoms with Crippen LogP contribution in [-0.4, -0.2) is 116 Å². The van der Waals surface area contributed by atoms with Crippen molar-refractivity contribution >= 4 is 221 Å². The van der Waals surface area contributed by atoms with Gasteiger partial charge < -0.3 is 38.6 Å². The van der Waals surface area contributed by atoms with Gasteiger partial charge in [-0.3, -0.25) is 14.4 Å². The van der Waals surface area contributed by atoms with Crippen LogP contribution >= 0.6 is 138 Å². The Hall–Kier alpha value is -7.37. The molecular formula is C87H98Cl6FIN14O4S4Si2. The van der Waals surface area contributed by atoms with Gasteiger partial charge in [-0.15, -0.1) is 0 Å². The van der Waals surface area contributed by atoms with Gasteiger partial charge in [0, 0.05) is 131 Å². The Morgan fingerprint density at radius 2 is 0.950 bits per heavy atom. The third kappa shape index (κ3) is 23.5. The van der Waals surface area contributed by atoms with Gasteiger partial charge in [0.25, 0.3) is 0 Å². The van der Waals surface area contributed by atoms with Crippen molar-refractivity contribution in [1.82, 2.24) is 53.7 Å². The zero-order valence-electron chi connectivity index (χ0n) is 69.0. The van der Waals surface area contributed by atoms with Crippen LogP contribution in [0.1, 0.15) is 156 Å². The first-order chi connectivity index (χ1) is 56.7. The molecule has 0 aliphatic rings. The number of nitrogens with one attached hydrogen (secondary N) is 2. The molecule has 0 amide bonds. The molecule has 10 aromatic heterocycles. The molecule has 0 saturated carbocycles. The summed E-state index contributed by atoms with van der Waals surface area (Å²) in [6.45, 7) is 31.4. The second-order valence-corrected chi connectivity index (χ2v) is 49.6. The predicted molar refractivity (Wildman–Crippen MR) is 513 cm³/mol. The topological polar surface area (TPSA) is 209 Å². The van der Waals surface area contributed by atoms with Gasteiger partial charge in [-0.2, -0.15) is 0 Å². The normalized spacial score (nSPS) is 11.8. The Labute approximate surface area is 757 Å². The number of pyridine rings is 3. The Morgan fingerprint density at radius 1 is 0.529 bits per heavy atom. The van der Waals surface area contributed by atoms with Crippen LogP contribution in [0, 0.1) is 9.39 Å². The first kappa shape index (κ1) is 95.5. The van der Waals surface area contributed by atoms with E-state index in [1.54, 1.807) is 36.9 Å². The van der Waals surface area contributed by atoms with Crippen LogP contribution < -0.4 is 20.0 Å². The van der Waals surface area contributed by atoms with E-state index in [0.717, 1.165) is 81.7 Å². The van der Waals surface area contributed by atoms with Crippen LogP contribution in [0.3, 0.4) is 0 Å². The summed E-state index contributed by atoms with van der Waals surface area (Å²) in [6, 6.07) is 41.6. The van der Waals surface area contributed by atoms with E-state index < -0.39 is 22.6 Å². The summed E-state index contributed by atoms with van der Waals surface area (Å²) in [5.41, 5.74) is 12.5. The number of H-pyrrole nitrogens is 1. The van der Waals surface area contributed by atoms with Gasteiger partial charge >= 0.3 is 0 Å². The summed E-state index contributed by atoms with van der Waals surface area (Å²) in [5, 5.41) is 22.8. The third-order valence-electron chi connectivity index (χ3n) is 20.6. The molecule has 18 nitrogen and oxygen atoms in total. The van der Waals surface area contributed by atoms with E-state index in [9.17, 15) is 23.9 Å². The van der Waals surface area contributed by atoms with E-state index in [0.29, 0.717) is 106 Å². The molecule has 119 heavy (non-hydrogen) atoms. The number of halogens is 8. The van der Waals surface area contributed by atoms with Gasteiger partial charge in [0.1, 0.15) is 38.6 Å². The lowest BCUT2D eigenvalue weighted by Crippen LogP contribution is -2.51. The molecule has 14 aromatic rings. The average Bonchev–Trinajstić information content (AvgIpc) is 1.61. The highest BCUT2D eigenvalue weighted by Crippen LogP contribution is 2.48. The average molecular weight is 1950 g/mol. The van der Waals surface area contributed by atoms with E-state index in [2.05, 4.69) is 179 Å². The number of aliphatic hydroxyl groups excluding tert-OH is 1. The van der Waals surface area contributed by atoms with Crippen molar-refractivity contribution in [3.05, 3.63) is 275 Å². The quantitative estimate of drug-likeness (QED) is 0.0210. The van der Waals surface area contributed by atoms with Crippen molar-refractivity contribution < 1.29 is 23.9 Å². The number of aldehydes is 2. The molecular weight excluding hydrogens is 1850 g/mol. The Bertz CT molecular complexity index is 5580. The largest absolute Gasteiger partial charge is 0.383 e. The summed E-state index contributed by atoms with van der Waals surface area (Å²) in [5.74, 6) is -0.310. The Kier molecular flexibility index (Phi) is 35.4. The van der Waals surface area contributed by atoms with Gasteiger partial charge in [0.2, 0.25) is 5.78 Å². The van der Waals surface area contributed by atoms with E-state index in [4.69, 9.17) is 79.6 Å². The molecule has 32 heteroatoms. The number of benzene rings is 4. The maximum absolute atomic E-state index is 12.8. The number of hydrogen-bond acceptors (Lipinski definition) is 19. The number of fused-ring (bicyclic) bond motifs is 3. The molecule has 0 saturated heterocycles. The van der Waals surface area contributed by atoms with Crippen molar-refractivity contribution in [2.24, 2.45) is 0 Å². The van der Waals surface area contributed by atoms with Gasteiger partial charge in [0.05, 0.1) is 21.5 Å². The molecule has 0 aliphatic carbocycles. The molecule has 0 bridgehead atoms. The van der Waals surface area contributed by atoms with Crippen LogP contribution in [0.25, 0.3) is 33.1 Å². The van der Waals surface area contributed by atoms with Crippen LogP contribution in [0.2, 0.25) is 63.1 Å². The third-order valence-corrected chi connectivity index (χ3v) is 41.0. The van der Waals surface area contributed by atoms with Crippen molar-refractivity contribution in [3.8, 4) is 0 Å². The molecule has 1 unspecified atom stereocenters. The number of aromatic nitrogens is 10. The van der Waals surface area contributed by atoms with Gasteiger partial charge in [-0.1, -0.05) is 247 Å². The summed E-state index contributed by atoms with van der Waals surface area (Å²) in [7, 11) is 4.00. The number of hydrogen-bond donors (Lipinski definition) is 3. The van der Waals surface area contributed by atoms with Gasteiger partial charge in [-0.05, 0) is 170 Å². The standard InChI is InChI=1S/C28H37ClN4OSSi.C19H15ClN4OS.C16H25IN2Si.C12H10ClFN2OS.C8H10ClN.C4HCl2NOS/c1-18(2)36(19(3)4,20(5)6)33-17-24(23-9-8-14-30-27(23)33)26(34)25-15-31-28(35-25)32(7)16-21-10-12-22(29)13-11-21;1-24(11-12-4-6-13(20)7-5-12)19-23-10-16(26-19)17(25)15-9-22-18-14(15)3-2-8-21-18;1-11(2)20(12(3)4,13(5)6)19-10-15(17)14-8-7-9-18-16(14)19;1-16(6-8-2-4-9(14)5-3-8)12-15-11(13)10(7-17)18-12;1-10-6-7-2-4-8(9)5-3-7;5-3-2(1-8)9-4(6)7-3/h8-15,17-20,26,34H,16H2,1-7H3;2-10H,11H2,1H3,(H,21,22);7-13H,1-6H3;2-5,7H,6H2,1H3;2-5,10H,6H2,1H3;1H. The lowest BCUT2D eigenvalue weighted by Gasteiger charge is -2.44. The highest BCUT2D eigenvalue weighted by Gasteiger charge is 2.48. The molecule has 628 valence electrons. The fourth-order valence-corrected chi connectivity index (χ4v) is 34.0. The van der Waals surface area contributed by atoms with Crippen LogP contribution in [0.4, 0.5) is 19.8 Å². The van der Waals surface area contributed by atoms with E-state index >= 15 is 0 Å². The minimum absolute atomic E-state index is 0.0482. The second-order valence-electron chi connectivity index (χ2n) is 30.3. The molecule has 3 N–H and O–H groups in total. The van der Waals surface area contributed by atoms with E-state index in [1.165, 1.54) is 66.3 Å². The zero-order chi connectivity index (χ0) is 86.7. The van der Waals surface area contributed by atoms with Gasteiger partial charge in [0.15, 0.2) is 59.2 Å². The lowest BCUT2D eigenvalue weighted by molar-refractivity contribution is 0.104. The summed E-state index contributed by atoms with van der Waals surface area (Å²) < 4.78 is 19.5. The highest BCUT2D eigenvalue weighted by molar-refractivity contribution is 14.1. The first-order valence-corrected chi connectivity index (χ1v) is 49.4. The first-order valence-electron chi connectivity index (χ1n) is 38.5. The molecule has 0 fully saturated rings. The Balaban J connectivity index is 0.000000172. The lowest BCUT2D eigenvalue weighted by atomic mass is 10.1. The van der Waals surface area contributed by atoms with Crippen molar-refractivity contribution in [3.63, 3.8) is 0 Å². The number of anilines is 3. The monoisotopic (exact) mass is 1940 g/mol. The predicted octanol–water partition coefficient (Wildman–Crippen LogP) is 25.8. The molecule has 10 heterocycles. The zero-order valence-corrected chi connectivity index (χ0v) is 81.0. The molecule has 14 rings (SSSR count). The SMILES string of the molecule is CC(C)[Si](C(C)C)(C(C)C)n1cc(C(O)c2cnc(N(C)Cc3ccc(Cl)cc3)s2)c2cccnc21.CC(C)[Si](C(C)C)(C(C)C)n1cc(I)c2cccnc21.CN(Cc1ccc(Cl)cc1)c1ncc(C(=O)c2c[nH]c3ncccc23)s1.CN(Cc1ccc(F)cc1)c1nc(Cl)c(C=O)s1.CNCc1ccc(Cl)cc1.O=Cc1sc(Cl)nc1Cl. The minimum Gasteiger partial charge on any atom is -0.383 e. The maximum Gasteiger partial charge on any atom is 0.206 e. The number of ketones is 1. The smallest absolute Gasteiger partial charge is 0.206 e. The fourth-order valence-electron chi connectivity index (χ4n) is 15.6. The molecule has 1 atom stereocenters. The number of aromatic amines is 1. The molecule has 0 aliphatic heterocycles. The number of thiazole rings is 4. The number of nitrogens with zero attached hydrogens (tertiary/aromatic N) is 12. The second kappa shape index (κ2) is 44.1. The minimum atomic E-state index is -2.04. The number of carbonyl (C=O) groups is 3. The van der Waals surface area contributed by atoms with Crippen molar-refractivity contribution in [2.75, 3.05) is 42.9 Å². The number of aliphatic hydroxyl groups is 1. The van der Waals surface area contributed by atoms with Gasteiger partial charge in [-0.25, -0.2) is 39.3 Å². The van der Waals surface area contributed by atoms with Crippen LogP contribution in [0.5, 0.6) is 0 Å². The summed E-state index contributed by atoms with van der Waals surface area (Å²) in [4.78, 5) is 75.4. The van der Waals surface area contributed by atoms with Crippen LogP contribution in [0.15, 0.2) is 183 Å². The van der Waals surface area contributed by atoms with Crippen LogP contribution in [-0.2, 0) is 26.2 Å². The van der Waals surface area contributed by atoms with E-state index in [1.807, 2.05) is 147 Å². The molecule has 0 spiro atoms. The summed E-state index contributed by atoms with van der Waals surface area (Å²) >= 11 is 42.0. The summed E-state index contributed by atoms with van der Waals surface area (Å²) in [6.07, 6.45) is 15.8. The number of rotatable bonds is 25. The maximum atomic E-state index is 12.8. The molecule has 4 aromatic carbocycles. The Morgan fingerprint density at radius 3 is 1.41 bits per heavy atom. The van der Waals surface area contributed by atoms with Crippen molar-refractivity contribution in [2.45, 2.75) is 149 Å². The van der Waals surface area contributed by atoms with Crippen molar-refractivity contribution in [1.29, 1.82) is 0 Å². The highest BCUT2D eigenvalue weighted by atomic mass is 127.